The highest BCUT2D eigenvalue weighted by atomic mass is 19.1. The molecular formula is C19H22FN5O. The highest BCUT2D eigenvalue weighted by Gasteiger charge is 2.27. The van der Waals surface area contributed by atoms with Crippen LogP contribution < -0.4 is 20.9 Å². The molecule has 4 rings (SSSR count). The fourth-order valence-electron chi connectivity index (χ4n) is 3.38. The Morgan fingerprint density at radius 1 is 1.23 bits per heavy atom. The Morgan fingerprint density at radius 3 is 2.88 bits per heavy atom. The maximum atomic E-state index is 13.1. The molecule has 0 aliphatic carbocycles. The van der Waals surface area contributed by atoms with E-state index in [4.69, 9.17) is 4.74 Å². The molecule has 0 amide bonds. The summed E-state index contributed by atoms with van der Waals surface area (Å²) in [7, 11) is 1.65. The van der Waals surface area contributed by atoms with Crippen molar-refractivity contribution in [1.82, 2.24) is 26.1 Å². The normalized spacial score (nSPS) is 19.9. The largest absolute Gasteiger partial charge is 0.497 e. The van der Waals surface area contributed by atoms with Crippen LogP contribution in [0, 0.1) is 11.7 Å². The van der Waals surface area contributed by atoms with E-state index in [0.717, 1.165) is 41.3 Å². The molecule has 1 aliphatic heterocycles. The number of aromatic amines is 1. The number of nitrogens with one attached hydrogen (secondary N) is 4. The summed E-state index contributed by atoms with van der Waals surface area (Å²) in [5.41, 5.74) is 9.45. The standard InChI is InChI=1S/C19H22FN5O/c1-26-15-6-7-16-17(8-15)24-18(23-16)11-21-9-13-10-22-25-19(13)12-2-4-14(20)5-3-12/h2-8,13,19,21-22,25H,9-11H2,1H3,(H,23,24). The molecule has 6 nitrogen and oxygen atoms in total. The number of hydrazine groups is 1. The van der Waals surface area contributed by atoms with Crippen molar-refractivity contribution in [3.63, 3.8) is 0 Å². The quantitative estimate of drug-likeness (QED) is 0.546. The maximum Gasteiger partial charge on any atom is 0.123 e. The second kappa shape index (κ2) is 7.41. The third-order valence-corrected chi connectivity index (χ3v) is 4.76. The molecule has 2 heterocycles. The summed E-state index contributed by atoms with van der Waals surface area (Å²) in [6.07, 6.45) is 0. The molecule has 26 heavy (non-hydrogen) atoms. The van der Waals surface area contributed by atoms with Crippen LogP contribution in [-0.2, 0) is 6.54 Å². The Labute approximate surface area is 151 Å². The first-order valence-electron chi connectivity index (χ1n) is 8.70. The zero-order valence-electron chi connectivity index (χ0n) is 14.6. The molecule has 3 aromatic rings. The Kier molecular flexibility index (Phi) is 4.83. The van der Waals surface area contributed by atoms with Gasteiger partial charge in [-0.2, -0.15) is 0 Å². The molecule has 136 valence electrons. The summed E-state index contributed by atoms with van der Waals surface area (Å²) in [5, 5.41) is 3.47. The van der Waals surface area contributed by atoms with Crippen molar-refractivity contribution in [3.8, 4) is 5.75 Å². The molecule has 0 bridgehead atoms. The summed E-state index contributed by atoms with van der Waals surface area (Å²) in [6.45, 7) is 2.33. The van der Waals surface area contributed by atoms with Gasteiger partial charge in [0.1, 0.15) is 17.4 Å². The van der Waals surface area contributed by atoms with Crippen molar-refractivity contribution >= 4 is 11.0 Å². The van der Waals surface area contributed by atoms with Crippen LogP contribution in [0.3, 0.4) is 0 Å². The van der Waals surface area contributed by atoms with Gasteiger partial charge in [0, 0.05) is 25.1 Å². The van der Waals surface area contributed by atoms with Crippen molar-refractivity contribution in [2.24, 2.45) is 5.92 Å². The van der Waals surface area contributed by atoms with Crippen LogP contribution in [-0.4, -0.2) is 30.2 Å². The number of fused-ring (bicyclic) bond motifs is 1. The smallest absolute Gasteiger partial charge is 0.123 e. The van der Waals surface area contributed by atoms with E-state index in [9.17, 15) is 4.39 Å². The minimum Gasteiger partial charge on any atom is -0.497 e. The number of rotatable bonds is 6. The predicted molar refractivity (Wildman–Crippen MR) is 98.1 cm³/mol. The van der Waals surface area contributed by atoms with Crippen LogP contribution >= 0.6 is 0 Å². The lowest BCUT2D eigenvalue weighted by molar-refractivity contribution is 0.415. The molecular weight excluding hydrogens is 333 g/mol. The summed E-state index contributed by atoms with van der Waals surface area (Å²) in [5.74, 6) is 1.86. The van der Waals surface area contributed by atoms with Crippen LogP contribution in [0.25, 0.3) is 11.0 Å². The van der Waals surface area contributed by atoms with Crippen molar-refractivity contribution in [3.05, 3.63) is 59.7 Å². The number of benzene rings is 2. The van der Waals surface area contributed by atoms with Crippen LogP contribution in [0.1, 0.15) is 17.4 Å². The molecule has 7 heteroatoms. The number of ether oxygens (including phenoxy) is 1. The first kappa shape index (κ1) is 17.0. The second-order valence-corrected chi connectivity index (χ2v) is 6.51. The molecule has 1 aliphatic rings. The van der Waals surface area contributed by atoms with Gasteiger partial charge in [0.15, 0.2) is 0 Å². The Morgan fingerprint density at radius 2 is 2.08 bits per heavy atom. The summed E-state index contributed by atoms with van der Waals surface area (Å²) in [6, 6.07) is 12.6. The number of methoxy groups -OCH3 is 1. The van der Waals surface area contributed by atoms with E-state index in [1.165, 1.54) is 12.1 Å². The van der Waals surface area contributed by atoms with Crippen molar-refractivity contribution in [2.45, 2.75) is 12.6 Å². The monoisotopic (exact) mass is 355 g/mol. The van der Waals surface area contributed by atoms with Crippen molar-refractivity contribution in [1.29, 1.82) is 0 Å². The molecule has 1 aromatic heterocycles. The van der Waals surface area contributed by atoms with Gasteiger partial charge in [-0.15, -0.1) is 0 Å². The molecule has 2 atom stereocenters. The predicted octanol–water partition coefficient (Wildman–Crippen LogP) is 2.27. The van der Waals surface area contributed by atoms with Crippen LogP contribution in [0.5, 0.6) is 5.75 Å². The molecule has 4 N–H and O–H groups in total. The van der Waals surface area contributed by atoms with Crippen LogP contribution in [0.2, 0.25) is 0 Å². The first-order valence-corrected chi connectivity index (χ1v) is 8.70. The Balaban J connectivity index is 1.37. The van der Waals surface area contributed by atoms with Gasteiger partial charge in [-0.1, -0.05) is 12.1 Å². The highest BCUT2D eigenvalue weighted by molar-refractivity contribution is 5.76. The van der Waals surface area contributed by atoms with Gasteiger partial charge in [-0.3, -0.25) is 5.43 Å². The van der Waals surface area contributed by atoms with Gasteiger partial charge in [-0.05, 0) is 29.8 Å². The average Bonchev–Trinajstić information content (AvgIpc) is 3.28. The Hall–Kier alpha value is -2.48. The minimum absolute atomic E-state index is 0.156. The van der Waals surface area contributed by atoms with E-state index in [2.05, 4.69) is 26.1 Å². The molecule has 1 saturated heterocycles. The van der Waals surface area contributed by atoms with E-state index >= 15 is 0 Å². The van der Waals surface area contributed by atoms with Crippen molar-refractivity contribution in [2.75, 3.05) is 20.2 Å². The third-order valence-electron chi connectivity index (χ3n) is 4.76. The summed E-state index contributed by atoms with van der Waals surface area (Å²) < 4.78 is 18.4. The molecule has 1 fully saturated rings. The maximum absolute atomic E-state index is 13.1. The number of nitrogens with zero attached hydrogens (tertiary/aromatic N) is 1. The topological polar surface area (TPSA) is 74.0 Å². The second-order valence-electron chi connectivity index (χ2n) is 6.51. The first-order chi connectivity index (χ1) is 12.7. The lowest BCUT2D eigenvalue weighted by Crippen LogP contribution is -2.28. The number of aromatic nitrogens is 2. The Bertz CT molecular complexity index is 879. The summed E-state index contributed by atoms with van der Waals surface area (Å²) >= 11 is 0. The fraction of sp³-hybridized carbons (Fsp3) is 0.316. The molecule has 2 aromatic carbocycles. The van der Waals surface area contributed by atoms with Gasteiger partial charge < -0.3 is 15.0 Å². The van der Waals surface area contributed by atoms with Crippen molar-refractivity contribution < 1.29 is 9.13 Å². The van der Waals surface area contributed by atoms with E-state index in [0.29, 0.717) is 12.5 Å². The number of halogens is 1. The number of hydrogen-bond donors (Lipinski definition) is 4. The van der Waals surface area contributed by atoms with Gasteiger partial charge in [0.05, 0.1) is 30.7 Å². The van der Waals surface area contributed by atoms with Crippen LogP contribution in [0.4, 0.5) is 4.39 Å². The summed E-state index contributed by atoms with van der Waals surface area (Å²) in [4.78, 5) is 7.91. The van der Waals surface area contributed by atoms with Gasteiger partial charge in [0.2, 0.25) is 0 Å². The zero-order chi connectivity index (χ0) is 17.9. The number of H-pyrrole nitrogens is 1. The van der Waals surface area contributed by atoms with Gasteiger partial charge in [-0.25, -0.2) is 14.8 Å². The lowest BCUT2D eigenvalue weighted by atomic mass is 9.95. The minimum atomic E-state index is -0.212. The third kappa shape index (κ3) is 3.55. The molecule has 2 unspecified atom stereocenters. The van der Waals surface area contributed by atoms with Gasteiger partial charge >= 0.3 is 0 Å². The lowest BCUT2D eigenvalue weighted by Gasteiger charge is -2.19. The van der Waals surface area contributed by atoms with E-state index in [1.54, 1.807) is 7.11 Å². The highest BCUT2D eigenvalue weighted by Crippen LogP contribution is 2.24. The molecule has 0 saturated carbocycles. The van der Waals surface area contributed by atoms with E-state index < -0.39 is 0 Å². The molecule has 0 spiro atoms. The SMILES string of the molecule is COc1ccc2nc(CNCC3CNNC3c3ccc(F)cc3)[nH]c2c1. The number of imidazole rings is 1. The van der Waals surface area contributed by atoms with Gasteiger partial charge in [0.25, 0.3) is 0 Å². The fourth-order valence-corrected chi connectivity index (χ4v) is 3.38. The van der Waals surface area contributed by atoms with Crippen LogP contribution in [0.15, 0.2) is 42.5 Å². The van der Waals surface area contributed by atoms with E-state index in [1.807, 2.05) is 30.3 Å². The zero-order valence-corrected chi connectivity index (χ0v) is 14.6. The number of hydrogen-bond acceptors (Lipinski definition) is 5. The average molecular weight is 355 g/mol. The molecule has 0 radical (unpaired) electrons. The van der Waals surface area contributed by atoms with E-state index in [-0.39, 0.29) is 11.9 Å².